The summed E-state index contributed by atoms with van der Waals surface area (Å²) in [5.41, 5.74) is 3.18. The van der Waals surface area contributed by atoms with Crippen molar-refractivity contribution < 1.29 is 19.8 Å². The highest BCUT2D eigenvalue weighted by atomic mass is 32.1. The van der Waals surface area contributed by atoms with E-state index in [-0.39, 0.29) is 0 Å². The van der Waals surface area contributed by atoms with Crippen LogP contribution in [-0.4, -0.2) is 38.7 Å². The summed E-state index contributed by atoms with van der Waals surface area (Å²) in [4.78, 5) is 27.1. The molecular formula is C18H17N3O4S. The lowest BCUT2D eigenvalue weighted by molar-refractivity contribution is -0.159. The maximum atomic E-state index is 9.10. The number of carbonyl (C=O) groups is 2. The summed E-state index contributed by atoms with van der Waals surface area (Å²) in [6.45, 7) is 0.888. The molecule has 3 rings (SSSR count). The Labute approximate surface area is 154 Å². The summed E-state index contributed by atoms with van der Waals surface area (Å²) in [7, 11) is 0. The van der Waals surface area contributed by atoms with Crippen LogP contribution in [0.15, 0.2) is 60.1 Å². The van der Waals surface area contributed by atoms with Gasteiger partial charge in [0.2, 0.25) is 0 Å². The van der Waals surface area contributed by atoms with Crippen LogP contribution in [0.4, 0.5) is 5.13 Å². The van der Waals surface area contributed by atoms with Gasteiger partial charge in [-0.05, 0) is 24.1 Å². The zero-order valence-electron chi connectivity index (χ0n) is 13.7. The molecule has 0 saturated carbocycles. The highest BCUT2D eigenvalue weighted by Crippen LogP contribution is 2.22. The molecule has 0 saturated heterocycles. The highest BCUT2D eigenvalue weighted by Gasteiger charge is 2.05. The molecule has 0 aliphatic carbocycles. The third-order valence-corrected chi connectivity index (χ3v) is 3.95. The Hall–Kier alpha value is -3.26. The number of aromatic nitrogens is 2. The molecule has 134 valence electrons. The number of pyridine rings is 1. The zero-order valence-corrected chi connectivity index (χ0v) is 14.5. The second-order valence-corrected chi connectivity index (χ2v) is 5.88. The molecule has 0 spiro atoms. The maximum Gasteiger partial charge on any atom is 0.414 e. The minimum Gasteiger partial charge on any atom is -0.473 e. The average Bonchev–Trinajstić information content (AvgIpc) is 3.13. The second kappa shape index (κ2) is 9.90. The average molecular weight is 371 g/mol. The lowest BCUT2D eigenvalue weighted by Gasteiger charge is -2.02. The Morgan fingerprint density at radius 3 is 2.27 bits per heavy atom. The number of nitrogens with zero attached hydrogens (tertiary/aromatic N) is 2. The first-order valence-electron chi connectivity index (χ1n) is 7.67. The van der Waals surface area contributed by atoms with Crippen molar-refractivity contribution in [2.75, 3.05) is 11.9 Å². The lowest BCUT2D eigenvalue weighted by atomic mass is 10.1. The van der Waals surface area contributed by atoms with Gasteiger partial charge in [0.1, 0.15) is 5.69 Å². The molecule has 0 aliphatic rings. The van der Waals surface area contributed by atoms with Crippen molar-refractivity contribution in [2.45, 2.75) is 6.42 Å². The Bertz CT molecular complexity index is 826. The summed E-state index contributed by atoms with van der Waals surface area (Å²) in [6.07, 6.45) is 2.79. The number of hydrogen-bond acceptors (Lipinski definition) is 6. The van der Waals surface area contributed by atoms with Crippen LogP contribution in [-0.2, 0) is 16.0 Å². The van der Waals surface area contributed by atoms with Crippen molar-refractivity contribution in [3.8, 4) is 11.4 Å². The van der Waals surface area contributed by atoms with E-state index in [0.29, 0.717) is 0 Å². The van der Waals surface area contributed by atoms with E-state index in [1.807, 2.05) is 29.6 Å². The van der Waals surface area contributed by atoms with Gasteiger partial charge in [-0.1, -0.05) is 36.4 Å². The fourth-order valence-electron chi connectivity index (χ4n) is 1.95. The monoisotopic (exact) mass is 371 g/mol. The van der Waals surface area contributed by atoms with Crippen molar-refractivity contribution in [3.63, 3.8) is 0 Å². The molecule has 1 aromatic carbocycles. The lowest BCUT2D eigenvalue weighted by Crippen LogP contribution is -2.09. The molecule has 0 amide bonds. The predicted octanol–water partition coefficient (Wildman–Crippen LogP) is 3.02. The van der Waals surface area contributed by atoms with Gasteiger partial charge in [0, 0.05) is 18.1 Å². The summed E-state index contributed by atoms with van der Waals surface area (Å²) < 4.78 is 0. The first kappa shape index (κ1) is 19.1. The van der Waals surface area contributed by atoms with E-state index in [4.69, 9.17) is 19.8 Å². The van der Waals surface area contributed by atoms with E-state index in [2.05, 4.69) is 39.6 Å². The molecule has 0 atom stereocenters. The minimum absolute atomic E-state index is 0.888. The largest absolute Gasteiger partial charge is 0.473 e. The molecular weight excluding hydrogens is 354 g/mol. The molecule has 0 bridgehead atoms. The van der Waals surface area contributed by atoms with E-state index >= 15 is 0 Å². The van der Waals surface area contributed by atoms with Crippen molar-refractivity contribution >= 4 is 28.4 Å². The standard InChI is InChI=1S/C16H15N3S.C2H2O4/c1-2-6-13(7-3-1)9-11-18-16-19-15(12-20-16)14-8-4-5-10-17-14;3-1(4)2(5)6/h1-8,10,12H,9,11H2,(H,18,19);(H,3,4)(H,5,6). The Kier molecular flexibility index (Phi) is 7.26. The van der Waals surface area contributed by atoms with E-state index in [1.54, 1.807) is 17.5 Å². The van der Waals surface area contributed by atoms with Crippen molar-refractivity contribution in [3.05, 3.63) is 65.7 Å². The molecule has 7 nitrogen and oxygen atoms in total. The number of nitrogens with one attached hydrogen (secondary N) is 1. The molecule has 2 aromatic heterocycles. The van der Waals surface area contributed by atoms with Crippen LogP contribution in [0.5, 0.6) is 0 Å². The first-order chi connectivity index (χ1) is 12.6. The van der Waals surface area contributed by atoms with E-state index < -0.39 is 11.9 Å². The van der Waals surface area contributed by atoms with Gasteiger partial charge in [0.25, 0.3) is 0 Å². The Morgan fingerprint density at radius 1 is 0.962 bits per heavy atom. The van der Waals surface area contributed by atoms with E-state index in [0.717, 1.165) is 29.5 Å². The number of carboxylic acid groups (broad SMARTS) is 2. The van der Waals surface area contributed by atoms with E-state index in [1.165, 1.54) is 5.56 Å². The number of carboxylic acids is 2. The number of rotatable bonds is 5. The first-order valence-corrected chi connectivity index (χ1v) is 8.55. The number of anilines is 1. The van der Waals surface area contributed by atoms with Gasteiger partial charge >= 0.3 is 11.9 Å². The Balaban J connectivity index is 0.000000352. The number of aliphatic carboxylic acids is 2. The van der Waals surface area contributed by atoms with Crippen LogP contribution in [0, 0.1) is 0 Å². The smallest absolute Gasteiger partial charge is 0.414 e. The number of hydrogen-bond donors (Lipinski definition) is 3. The highest BCUT2D eigenvalue weighted by molar-refractivity contribution is 7.14. The zero-order chi connectivity index (χ0) is 18.8. The SMILES string of the molecule is O=C(O)C(=O)O.c1ccc(CCNc2nc(-c3ccccn3)cs2)cc1. The fraction of sp³-hybridized carbons (Fsp3) is 0.111. The van der Waals surface area contributed by atoms with Crippen LogP contribution in [0.1, 0.15) is 5.56 Å². The quantitative estimate of drug-likeness (QED) is 0.591. The van der Waals surface area contributed by atoms with Gasteiger partial charge in [0.05, 0.1) is 5.69 Å². The van der Waals surface area contributed by atoms with Crippen LogP contribution in [0.3, 0.4) is 0 Å². The molecule has 3 aromatic rings. The topological polar surface area (TPSA) is 112 Å². The van der Waals surface area contributed by atoms with Crippen molar-refractivity contribution in [1.82, 2.24) is 9.97 Å². The fourth-order valence-corrected chi connectivity index (χ4v) is 2.68. The molecule has 3 N–H and O–H groups in total. The Morgan fingerprint density at radius 2 is 1.65 bits per heavy atom. The van der Waals surface area contributed by atoms with Crippen LogP contribution in [0.2, 0.25) is 0 Å². The predicted molar refractivity (Wildman–Crippen MR) is 99.3 cm³/mol. The maximum absolute atomic E-state index is 9.10. The van der Waals surface area contributed by atoms with Gasteiger partial charge in [-0.2, -0.15) is 0 Å². The van der Waals surface area contributed by atoms with Crippen molar-refractivity contribution in [1.29, 1.82) is 0 Å². The normalized spacial score (nSPS) is 9.69. The molecule has 2 heterocycles. The molecule has 0 fully saturated rings. The third-order valence-electron chi connectivity index (χ3n) is 3.15. The summed E-state index contributed by atoms with van der Waals surface area (Å²) in [5, 5.41) is 21.1. The van der Waals surface area contributed by atoms with Crippen molar-refractivity contribution in [2.24, 2.45) is 0 Å². The van der Waals surface area contributed by atoms with Gasteiger partial charge < -0.3 is 15.5 Å². The second-order valence-electron chi connectivity index (χ2n) is 5.03. The van der Waals surface area contributed by atoms with Crippen LogP contribution < -0.4 is 5.32 Å². The third kappa shape index (κ3) is 6.33. The molecule has 0 unspecified atom stereocenters. The van der Waals surface area contributed by atoms with Gasteiger partial charge in [-0.3, -0.25) is 4.98 Å². The number of thiazole rings is 1. The summed E-state index contributed by atoms with van der Waals surface area (Å²) in [5.74, 6) is -3.65. The van der Waals surface area contributed by atoms with Crippen LogP contribution in [0.25, 0.3) is 11.4 Å². The molecule has 8 heteroatoms. The van der Waals surface area contributed by atoms with Gasteiger partial charge in [-0.15, -0.1) is 11.3 Å². The van der Waals surface area contributed by atoms with Crippen LogP contribution >= 0.6 is 11.3 Å². The molecule has 26 heavy (non-hydrogen) atoms. The molecule has 0 radical (unpaired) electrons. The van der Waals surface area contributed by atoms with Gasteiger partial charge in [-0.25, -0.2) is 14.6 Å². The molecule has 0 aliphatic heterocycles. The summed E-state index contributed by atoms with van der Waals surface area (Å²) >= 11 is 1.62. The summed E-state index contributed by atoms with van der Waals surface area (Å²) in [6, 6.07) is 16.3. The van der Waals surface area contributed by atoms with Gasteiger partial charge in [0.15, 0.2) is 5.13 Å². The number of benzene rings is 1. The van der Waals surface area contributed by atoms with E-state index in [9.17, 15) is 0 Å². The minimum atomic E-state index is -1.82.